The Balaban J connectivity index is 2.21. The van der Waals surface area contributed by atoms with Gasteiger partial charge in [-0.05, 0) is 47.3 Å². The molecule has 0 saturated carbocycles. The first-order valence-corrected chi connectivity index (χ1v) is 8.08. The van der Waals surface area contributed by atoms with Crippen molar-refractivity contribution in [2.75, 3.05) is 13.1 Å². The molecule has 1 aromatic heterocycles. The van der Waals surface area contributed by atoms with Gasteiger partial charge in [0.15, 0.2) is 0 Å². The van der Waals surface area contributed by atoms with Crippen LogP contribution < -0.4 is 10.6 Å². The van der Waals surface area contributed by atoms with Gasteiger partial charge in [0.1, 0.15) is 0 Å². The highest BCUT2D eigenvalue weighted by Crippen LogP contribution is 2.22. The molecule has 19 heavy (non-hydrogen) atoms. The normalized spacial score (nSPS) is 11.4. The van der Waals surface area contributed by atoms with E-state index in [1.165, 1.54) is 4.88 Å². The van der Waals surface area contributed by atoms with Crippen molar-refractivity contribution >= 4 is 33.3 Å². The summed E-state index contributed by atoms with van der Waals surface area (Å²) in [5, 5.41) is 15.5. The number of hydrogen-bond donors (Lipinski definition) is 3. The first-order chi connectivity index (χ1) is 8.99. The van der Waals surface area contributed by atoms with Gasteiger partial charge in [-0.2, -0.15) is 0 Å². The number of carbonyl (C=O) groups is 1. The molecule has 0 fully saturated rings. The molecule has 0 aromatic carbocycles. The van der Waals surface area contributed by atoms with E-state index in [0.29, 0.717) is 19.4 Å². The molecule has 0 unspecified atom stereocenters. The number of nitrogens with one attached hydrogen (secondary N) is 2. The van der Waals surface area contributed by atoms with E-state index < -0.39 is 5.60 Å². The standard InChI is InChI=1S/C13H21BrN2O2S/c1-3-13(18,4-2)9-16-12(17)15-8-7-10-5-6-11(14)19-10/h5-6,18H,3-4,7-9H2,1-2H3,(H2,15,16,17). The molecule has 0 bridgehead atoms. The number of aliphatic hydroxyl groups is 1. The van der Waals surface area contributed by atoms with Gasteiger partial charge in [0.25, 0.3) is 0 Å². The van der Waals surface area contributed by atoms with E-state index >= 15 is 0 Å². The van der Waals surface area contributed by atoms with Crippen LogP contribution in [-0.2, 0) is 6.42 Å². The summed E-state index contributed by atoms with van der Waals surface area (Å²) in [5.41, 5.74) is -0.796. The molecule has 1 aromatic rings. The molecular formula is C13H21BrN2O2S. The first-order valence-electron chi connectivity index (χ1n) is 6.47. The molecule has 0 radical (unpaired) electrons. The van der Waals surface area contributed by atoms with Crippen molar-refractivity contribution in [3.8, 4) is 0 Å². The van der Waals surface area contributed by atoms with Gasteiger partial charge < -0.3 is 15.7 Å². The molecule has 0 spiro atoms. The van der Waals surface area contributed by atoms with Crippen LogP contribution in [0.25, 0.3) is 0 Å². The van der Waals surface area contributed by atoms with Gasteiger partial charge in [-0.3, -0.25) is 0 Å². The van der Waals surface area contributed by atoms with Crippen molar-refractivity contribution in [2.45, 2.75) is 38.7 Å². The Labute approximate surface area is 126 Å². The van der Waals surface area contributed by atoms with E-state index in [-0.39, 0.29) is 12.6 Å². The third-order valence-electron chi connectivity index (χ3n) is 3.18. The van der Waals surface area contributed by atoms with Gasteiger partial charge in [0, 0.05) is 18.0 Å². The third kappa shape index (κ3) is 5.93. The van der Waals surface area contributed by atoms with Gasteiger partial charge in [0.05, 0.1) is 9.39 Å². The van der Waals surface area contributed by atoms with E-state index in [4.69, 9.17) is 0 Å². The number of rotatable bonds is 7. The number of halogens is 1. The second-order valence-corrected chi connectivity index (χ2v) is 7.04. The maximum atomic E-state index is 11.6. The molecule has 0 aliphatic carbocycles. The van der Waals surface area contributed by atoms with Gasteiger partial charge in [-0.1, -0.05) is 13.8 Å². The van der Waals surface area contributed by atoms with Crippen LogP contribution in [0, 0.1) is 0 Å². The zero-order valence-corrected chi connectivity index (χ0v) is 13.7. The van der Waals surface area contributed by atoms with Gasteiger partial charge in [-0.25, -0.2) is 4.79 Å². The molecule has 0 aliphatic rings. The van der Waals surface area contributed by atoms with Gasteiger partial charge in [0.2, 0.25) is 0 Å². The molecule has 1 heterocycles. The Bertz CT molecular complexity index is 405. The second kappa shape index (κ2) is 7.87. The lowest BCUT2D eigenvalue weighted by Gasteiger charge is -2.25. The quantitative estimate of drug-likeness (QED) is 0.709. The molecule has 4 nitrogen and oxygen atoms in total. The highest BCUT2D eigenvalue weighted by molar-refractivity contribution is 9.11. The van der Waals surface area contributed by atoms with Gasteiger partial charge >= 0.3 is 6.03 Å². The molecule has 2 amide bonds. The number of hydrogen-bond acceptors (Lipinski definition) is 3. The average Bonchev–Trinajstić information content (AvgIpc) is 2.82. The summed E-state index contributed by atoms with van der Waals surface area (Å²) >= 11 is 5.08. The second-order valence-electron chi connectivity index (χ2n) is 4.50. The Morgan fingerprint density at radius 2 is 2.05 bits per heavy atom. The number of amides is 2. The monoisotopic (exact) mass is 348 g/mol. The van der Waals surface area contributed by atoms with Crippen LogP contribution in [0.1, 0.15) is 31.6 Å². The Morgan fingerprint density at radius 1 is 1.37 bits per heavy atom. The largest absolute Gasteiger partial charge is 0.388 e. The van der Waals surface area contributed by atoms with Crippen LogP contribution in [0.3, 0.4) is 0 Å². The molecule has 1 rings (SSSR count). The summed E-state index contributed by atoms with van der Waals surface area (Å²) in [6.07, 6.45) is 2.08. The SMILES string of the molecule is CCC(O)(CC)CNC(=O)NCCc1ccc(Br)s1. The third-order valence-corrected chi connectivity index (χ3v) is 4.86. The minimum atomic E-state index is -0.796. The average molecular weight is 349 g/mol. The Morgan fingerprint density at radius 3 is 2.58 bits per heavy atom. The zero-order chi connectivity index (χ0) is 14.3. The number of thiophene rings is 1. The van der Waals surface area contributed by atoms with E-state index in [9.17, 15) is 9.90 Å². The predicted octanol–water partition coefficient (Wildman–Crippen LogP) is 2.90. The molecule has 0 aliphatic heterocycles. The summed E-state index contributed by atoms with van der Waals surface area (Å²) in [6.45, 7) is 4.71. The van der Waals surface area contributed by atoms with Crippen LogP contribution in [0.15, 0.2) is 15.9 Å². The van der Waals surface area contributed by atoms with Crippen molar-refractivity contribution in [2.24, 2.45) is 0 Å². The fourth-order valence-electron chi connectivity index (χ4n) is 1.59. The van der Waals surface area contributed by atoms with Crippen molar-refractivity contribution < 1.29 is 9.90 Å². The van der Waals surface area contributed by atoms with E-state index in [1.807, 2.05) is 26.0 Å². The van der Waals surface area contributed by atoms with Crippen molar-refractivity contribution in [1.29, 1.82) is 0 Å². The molecular weight excluding hydrogens is 328 g/mol. The maximum absolute atomic E-state index is 11.6. The Kier molecular flexibility index (Phi) is 6.82. The van der Waals surface area contributed by atoms with Crippen LogP contribution in [-0.4, -0.2) is 29.8 Å². The van der Waals surface area contributed by atoms with E-state index in [0.717, 1.165) is 10.2 Å². The summed E-state index contributed by atoms with van der Waals surface area (Å²) in [4.78, 5) is 12.8. The Hall–Kier alpha value is -0.590. The fraction of sp³-hybridized carbons (Fsp3) is 0.615. The molecule has 3 N–H and O–H groups in total. The molecule has 108 valence electrons. The van der Waals surface area contributed by atoms with E-state index in [2.05, 4.69) is 26.6 Å². The number of carbonyl (C=O) groups excluding carboxylic acids is 1. The topological polar surface area (TPSA) is 61.4 Å². The summed E-state index contributed by atoms with van der Waals surface area (Å²) < 4.78 is 1.10. The zero-order valence-electron chi connectivity index (χ0n) is 11.3. The highest BCUT2D eigenvalue weighted by Gasteiger charge is 2.22. The van der Waals surface area contributed by atoms with E-state index in [1.54, 1.807) is 11.3 Å². The molecule has 6 heteroatoms. The lowest BCUT2D eigenvalue weighted by Crippen LogP contribution is -2.46. The van der Waals surface area contributed by atoms with Crippen molar-refractivity contribution in [3.63, 3.8) is 0 Å². The highest BCUT2D eigenvalue weighted by atomic mass is 79.9. The molecule has 0 saturated heterocycles. The van der Waals surface area contributed by atoms with Crippen molar-refractivity contribution in [3.05, 3.63) is 20.8 Å². The number of urea groups is 1. The van der Waals surface area contributed by atoms with Crippen LogP contribution in [0.5, 0.6) is 0 Å². The predicted molar refractivity (Wildman–Crippen MR) is 82.7 cm³/mol. The summed E-state index contributed by atoms with van der Waals surface area (Å²) in [5.74, 6) is 0. The lowest BCUT2D eigenvalue weighted by atomic mass is 9.98. The first kappa shape index (κ1) is 16.5. The smallest absolute Gasteiger partial charge is 0.314 e. The van der Waals surface area contributed by atoms with Crippen LogP contribution in [0.2, 0.25) is 0 Å². The van der Waals surface area contributed by atoms with Crippen LogP contribution >= 0.6 is 27.3 Å². The van der Waals surface area contributed by atoms with Crippen LogP contribution in [0.4, 0.5) is 4.79 Å². The fourth-order valence-corrected chi connectivity index (χ4v) is 3.08. The maximum Gasteiger partial charge on any atom is 0.314 e. The summed E-state index contributed by atoms with van der Waals surface area (Å²) in [7, 11) is 0. The minimum absolute atomic E-state index is 0.226. The minimum Gasteiger partial charge on any atom is -0.388 e. The van der Waals surface area contributed by atoms with Crippen molar-refractivity contribution in [1.82, 2.24) is 10.6 Å². The van der Waals surface area contributed by atoms with Gasteiger partial charge in [-0.15, -0.1) is 11.3 Å². The molecule has 0 atom stereocenters. The lowest BCUT2D eigenvalue weighted by molar-refractivity contribution is 0.0349. The summed E-state index contributed by atoms with van der Waals surface area (Å²) in [6, 6.07) is 3.82.